The van der Waals surface area contributed by atoms with Gasteiger partial charge in [0.05, 0.1) is 17.1 Å². The molecule has 0 saturated carbocycles. The Hall–Kier alpha value is -5.01. The quantitative estimate of drug-likeness (QED) is 0.293. The van der Waals surface area contributed by atoms with Gasteiger partial charge in [-0.25, -0.2) is 15.0 Å². The van der Waals surface area contributed by atoms with Crippen LogP contribution in [0.1, 0.15) is 50.5 Å². The van der Waals surface area contributed by atoms with Crippen molar-refractivity contribution in [2.45, 2.75) is 27.7 Å². The van der Waals surface area contributed by atoms with Gasteiger partial charge < -0.3 is 20.3 Å². The van der Waals surface area contributed by atoms with Crippen LogP contribution in [0.15, 0.2) is 63.5 Å². The molecule has 4 amide bonds. The molecule has 0 unspecified atom stereocenters. The van der Waals surface area contributed by atoms with Gasteiger partial charge in [-0.3, -0.25) is 24.6 Å². The van der Waals surface area contributed by atoms with Gasteiger partial charge in [0.1, 0.15) is 17.1 Å². The zero-order valence-corrected chi connectivity index (χ0v) is 23.5. The minimum atomic E-state index is -0.539. The van der Waals surface area contributed by atoms with E-state index in [9.17, 15) is 19.2 Å². The number of aromatic nitrogens is 3. The van der Waals surface area contributed by atoms with Crippen LogP contribution in [0.4, 0.5) is 0 Å². The van der Waals surface area contributed by atoms with E-state index in [0.717, 1.165) is 16.4 Å². The standard InChI is InChI=1S/C28H26N8O4.Co/c1-14(37)29-25-23-10-9-21(34-23)12-20-6-5-18(32-20)11-19-7-8-22(33-19)13-24-26(30-15(2)38)27(31-16(3)39)28(25)36(24)35-17(4)40;/h5-13,32-34H,1-4H3,(H,31,39)(H,35,40);. The first kappa shape index (κ1) is 29.0. The SMILES string of the molecule is CC(=O)N=C1C2=Cc3ccc([nH]3)C=c3ccc([nH]3)=Cc3ccc([nH]3)C(=NC(C)=O)C(=C1NC(C)=O)N2NC(C)=O.[Co]. The molecule has 0 aliphatic carbocycles. The van der Waals surface area contributed by atoms with Crippen LogP contribution in [0, 0.1) is 0 Å². The Morgan fingerprint density at radius 1 is 0.683 bits per heavy atom. The van der Waals surface area contributed by atoms with Gasteiger partial charge in [0.25, 0.3) is 0 Å². The Bertz CT molecular complexity index is 1830. The number of fused-ring (bicyclic) bond motifs is 8. The molecule has 8 bridgehead atoms. The van der Waals surface area contributed by atoms with Crippen molar-refractivity contribution in [3.8, 4) is 0 Å². The molecule has 0 fully saturated rings. The number of amides is 4. The number of hydrazine groups is 1. The van der Waals surface area contributed by atoms with Gasteiger partial charge in [-0.2, -0.15) is 0 Å². The van der Waals surface area contributed by atoms with Crippen LogP contribution in [0.5, 0.6) is 0 Å². The number of allylic oxidation sites excluding steroid dienone is 1. The topological polar surface area (TPSA) is 168 Å². The fourth-order valence-electron chi connectivity index (χ4n) is 4.48. The molecule has 1 radical (unpaired) electrons. The van der Waals surface area contributed by atoms with Crippen LogP contribution in [0.3, 0.4) is 0 Å². The third-order valence-corrected chi connectivity index (χ3v) is 5.85. The summed E-state index contributed by atoms with van der Waals surface area (Å²) in [5.41, 5.74) is 5.98. The monoisotopic (exact) mass is 597 g/mol. The van der Waals surface area contributed by atoms with Crippen LogP contribution in [-0.4, -0.2) is 55.0 Å². The average molecular weight is 598 g/mol. The smallest absolute Gasteiger partial charge is 0.243 e. The second-order valence-electron chi connectivity index (χ2n) is 9.25. The van der Waals surface area contributed by atoms with Crippen molar-refractivity contribution in [1.82, 2.24) is 30.7 Å². The van der Waals surface area contributed by atoms with Crippen LogP contribution >= 0.6 is 0 Å². The predicted octanol–water partition coefficient (Wildman–Crippen LogP) is 0.718. The van der Waals surface area contributed by atoms with E-state index in [1.54, 1.807) is 12.1 Å². The van der Waals surface area contributed by atoms with Gasteiger partial charge in [-0.15, -0.1) is 0 Å². The van der Waals surface area contributed by atoms with Crippen molar-refractivity contribution in [2.75, 3.05) is 0 Å². The molecule has 41 heavy (non-hydrogen) atoms. The number of nitrogens with one attached hydrogen (secondary N) is 5. The molecule has 2 aliphatic heterocycles. The summed E-state index contributed by atoms with van der Waals surface area (Å²) in [6.07, 6.45) is 5.49. The molecule has 0 atom stereocenters. The van der Waals surface area contributed by atoms with Gasteiger partial charge in [-0.05, 0) is 54.6 Å². The number of aromatic amines is 3. The number of hydrogen-bond acceptors (Lipinski definition) is 5. The van der Waals surface area contributed by atoms with E-state index in [4.69, 9.17) is 0 Å². The van der Waals surface area contributed by atoms with Crippen LogP contribution in [0.2, 0.25) is 0 Å². The average Bonchev–Trinajstić information content (AvgIpc) is 3.63. The zero-order chi connectivity index (χ0) is 28.6. The molecule has 0 saturated heterocycles. The first-order valence-electron chi connectivity index (χ1n) is 12.3. The summed E-state index contributed by atoms with van der Waals surface area (Å²) in [4.78, 5) is 67.9. The van der Waals surface area contributed by atoms with Crippen LogP contribution in [-0.2, 0) is 36.0 Å². The minimum absolute atomic E-state index is 0. The van der Waals surface area contributed by atoms with Gasteiger partial charge in [0, 0.05) is 72.3 Å². The number of carbonyl (C=O) groups is 4. The van der Waals surface area contributed by atoms with E-state index in [-0.39, 0.29) is 45.3 Å². The summed E-state index contributed by atoms with van der Waals surface area (Å²) in [6.45, 7) is 5.18. The van der Waals surface area contributed by atoms with E-state index in [1.807, 2.05) is 42.5 Å². The largest absolute Gasteiger partial charge is 0.355 e. The van der Waals surface area contributed by atoms with Crippen LogP contribution < -0.4 is 21.4 Å². The van der Waals surface area contributed by atoms with Crippen molar-refractivity contribution >= 4 is 53.3 Å². The summed E-state index contributed by atoms with van der Waals surface area (Å²) >= 11 is 0. The molecule has 5 rings (SSSR count). The van der Waals surface area contributed by atoms with Gasteiger partial charge in [0.2, 0.25) is 23.6 Å². The molecule has 13 heteroatoms. The van der Waals surface area contributed by atoms with E-state index in [1.165, 1.54) is 32.7 Å². The van der Waals surface area contributed by atoms with Crippen molar-refractivity contribution in [1.29, 1.82) is 0 Å². The fourth-order valence-corrected chi connectivity index (χ4v) is 4.48. The van der Waals surface area contributed by atoms with Crippen molar-refractivity contribution in [3.63, 3.8) is 0 Å². The maximum atomic E-state index is 12.5. The fraction of sp³-hybridized carbons (Fsp3) is 0.143. The summed E-state index contributed by atoms with van der Waals surface area (Å²) < 4.78 is 0. The summed E-state index contributed by atoms with van der Waals surface area (Å²) in [5, 5.41) is 5.80. The molecule has 5 N–H and O–H groups in total. The number of rotatable bonds is 2. The number of hydrogen-bond donors (Lipinski definition) is 5. The molecular formula is C28H26CoN8O4. The molecule has 3 aromatic rings. The first-order valence-corrected chi connectivity index (χ1v) is 12.3. The minimum Gasteiger partial charge on any atom is -0.355 e. The molecule has 211 valence electrons. The maximum absolute atomic E-state index is 12.5. The molecule has 0 spiro atoms. The molecule has 0 aromatic carbocycles. The predicted molar refractivity (Wildman–Crippen MR) is 149 cm³/mol. The van der Waals surface area contributed by atoms with Crippen molar-refractivity contribution < 1.29 is 36.0 Å². The second-order valence-corrected chi connectivity index (χ2v) is 9.25. The Kier molecular flexibility index (Phi) is 8.21. The molecule has 12 nitrogen and oxygen atoms in total. The normalized spacial score (nSPS) is 16.0. The third-order valence-electron chi connectivity index (χ3n) is 5.85. The van der Waals surface area contributed by atoms with E-state index >= 15 is 0 Å². The summed E-state index contributed by atoms with van der Waals surface area (Å²) in [7, 11) is 0. The van der Waals surface area contributed by atoms with E-state index in [2.05, 4.69) is 35.7 Å². The number of nitrogens with zero attached hydrogens (tertiary/aromatic N) is 3. The first-order chi connectivity index (χ1) is 19.1. The van der Waals surface area contributed by atoms with Gasteiger partial charge >= 0.3 is 0 Å². The summed E-state index contributed by atoms with van der Waals surface area (Å²) in [6, 6.07) is 11.1. The summed E-state index contributed by atoms with van der Waals surface area (Å²) in [5.74, 6) is -1.97. The van der Waals surface area contributed by atoms with E-state index < -0.39 is 23.6 Å². The number of H-pyrrole nitrogens is 3. The second kappa shape index (κ2) is 11.6. The number of carbonyl (C=O) groups excluding carboxylic acids is 4. The maximum Gasteiger partial charge on any atom is 0.243 e. The Morgan fingerprint density at radius 3 is 1.83 bits per heavy atom. The Morgan fingerprint density at radius 2 is 1.24 bits per heavy atom. The van der Waals surface area contributed by atoms with Crippen molar-refractivity contribution in [3.05, 3.63) is 87.0 Å². The molecule has 2 aliphatic rings. The molecule has 5 heterocycles. The Labute approximate surface area is 244 Å². The number of aliphatic imine (C=N–C) groups is 2. The molecular weight excluding hydrogens is 571 g/mol. The van der Waals surface area contributed by atoms with Crippen LogP contribution in [0.25, 0.3) is 18.2 Å². The van der Waals surface area contributed by atoms with Crippen molar-refractivity contribution in [2.24, 2.45) is 9.98 Å². The van der Waals surface area contributed by atoms with Gasteiger partial charge in [0.15, 0.2) is 0 Å². The van der Waals surface area contributed by atoms with E-state index in [0.29, 0.717) is 17.1 Å². The third kappa shape index (κ3) is 6.26. The molecule has 3 aromatic heterocycles. The Balaban J connectivity index is 0.00000387. The zero-order valence-electron chi connectivity index (χ0n) is 22.5. The van der Waals surface area contributed by atoms with Gasteiger partial charge in [-0.1, -0.05) is 0 Å².